The lowest BCUT2D eigenvalue weighted by Gasteiger charge is -2.04. The first-order valence-electron chi connectivity index (χ1n) is 5.71. The van der Waals surface area contributed by atoms with Gasteiger partial charge in [-0.2, -0.15) is 0 Å². The van der Waals surface area contributed by atoms with Gasteiger partial charge in [0, 0.05) is 22.1 Å². The van der Waals surface area contributed by atoms with E-state index in [2.05, 4.69) is 27.9 Å². The number of halogens is 1. The van der Waals surface area contributed by atoms with Crippen molar-refractivity contribution in [3.63, 3.8) is 0 Å². The first kappa shape index (κ1) is 14.2. The average Bonchev–Trinajstić information content (AvgIpc) is 2.34. The number of hydrogen-bond donors (Lipinski definition) is 1. The number of carbonyl (C=O) groups excluding carboxylic acids is 2. The number of aldehydes is 1. The zero-order valence-electron chi connectivity index (χ0n) is 9.62. The second kappa shape index (κ2) is 8.22. The van der Waals surface area contributed by atoms with Crippen LogP contribution in [-0.4, -0.2) is 18.7 Å². The van der Waals surface area contributed by atoms with Crippen LogP contribution >= 0.6 is 22.6 Å². The molecular weight excluding hydrogens is 329 g/mol. The minimum Gasteiger partial charge on any atom is -0.352 e. The molecule has 0 saturated carbocycles. The molecule has 0 aromatic heterocycles. The van der Waals surface area contributed by atoms with Gasteiger partial charge in [0.05, 0.1) is 0 Å². The summed E-state index contributed by atoms with van der Waals surface area (Å²) in [6, 6.07) is 7.48. The average molecular weight is 345 g/mol. The van der Waals surface area contributed by atoms with Gasteiger partial charge in [-0.15, -0.1) is 0 Å². The van der Waals surface area contributed by atoms with Crippen LogP contribution in [0.3, 0.4) is 0 Å². The minimum absolute atomic E-state index is 0.0308. The molecule has 1 N–H and O–H groups in total. The Kier molecular flexibility index (Phi) is 6.84. The fraction of sp³-hybridized carbons (Fsp3) is 0.385. The van der Waals surface area contributed by atoms with Crippen molar-refractivity contribution < 1.29 is 9.59 Å². The monoisotopic (exact) mass is 345 g/mol. The third-order valence-electron chi connectivity index (χ3n) is 2.39. The smallest absolute Gasteiger partial charge is 0.251 e. The number of hydrogen-bond acceptors (Lipinski definition) is 2. The quantitative estimate of drug-likeness (QED) is 0.469. The van der Waals surface area contributed by atoms with Crippen LogP contribution in [0.2, 0.25) is 0 Å². The van der Waals surface area contributed by atoms with Crippen molar-refractivity contribution in [1.29, 1.82) is 0 Å². The van der Waals surface area contributed by atoms with Crippen LogP contribution in [0.1, 0.15) is 36.0 Å². The first-order chi connectivity index (χ1) is 8.24. The molecule has 0 bridgehead atoms. The van der Waals surface area contributed by atoms with Crippen LogP contribution in [-0.2, 0) is 4.79 Å². The van der Waals surface area contributed by atoms with Crippen LogP contribution in [0.25, 0.3) is 0 Å². The van der Waals surface area contributed by atoms with Crippen molar-refractivity contribution >= 4 is 34.8 Å². The number of unbranched alkanes of at least 4 members (excludes halogenated alkanes) is 3. The molecular formula is C13H16INO2. The molecule has 1 aromatic carbocycles. The van der Waals surface area contributed by atoms with Gasteiger partial charge in [-0.25, -0.2) is 0 Å². The van der Waals surface area contributed by atoms with Gasteiger partial charge in [0.15, 0.2) is 0 Å². The molecule has 0 fully saturated rings. The number of carbonyl (C=O) groups is 2. The van der Waals surface area contributed by atoms with Gasteiger partial charge in [0.1, 0.15) is 6.29 Å². The molecule has 0 aliphatic rings. The highest BCUT2D eigenvalue weighted by Crippen LogP contribution is 2.06. The van der Waals surface area contributed by atoms with Gasteiger partial charge < -0.3 is 10.1 Å². The molecule has 4 heteroatoms. The van der Waals surface area contributed by atoms with Crippen LogP contribution < -0.4 is 5.32 Å². The maximum Gasteiger partial charge on any atom is 0.251 e. The van der Waals surface area contributed by atoms with Crippen molar-refractivity contribution in [2.75, 3.05) is 6.54 Å². The maximum absolute atomic E-state index is 11.7. The fourth-order valence-corrected chi connectivity index (χ4v) is 1.79. The van der Waals surface area contributed by atoms with E-state index in [4.69, 9.17) is 0 Å². The predicted octanol–water partition coefficient (Wildman–Crippen LogP) is 2.78. The Morgan fingerprint density at radius 1 is 1.18 bits per heavy atom. The Balaban J connectivity index is 2.21. The van der Waals surface area contributed by atoms with Crippen molar-refractivity contribution in [2.24, 2.45) is 0 Å². The number of nitrogens with one attached hydrogen (secondary N) is 1. The van der Waals surface area contributed by atoms with E-state index in [1.807, 2.05) is 24.3 Å². The molecule has 1 amide bonds. The molecule has 0 radical (unpaired) electrons. The second-order valence-corrected chi connectivity index (χ2v) is 5.02. The van der Waals surface area contributed by atoms with E-state index in [-0.39, 0.29) is 5.91 Å². The Hall–Kier alpha value is -0.910. The van der Waals surface area contributed by atoms with Crippen LogP contribution in [0, 0.1) is 3.57 Å². The summed E-state index contributed by atoms with van der Waals surface area (Å²) in [5.74, 6) is -0.0308. The summed E-state index contributed by atoms with van der Waals surface area (Å²) in [4.78, 5) is 21.8. The van der Waals surface area contributed by atoms with Gasteiger partial charge >= 0.3 is 0 Å². The molecule has 0 spiro atoms. The first-order valence-corrected chi connectivity index (χ1v) is 6.79. The summed E-state index contributed by atoms with van der Waals surface area (Å²) < 4.78 is 1.12. The van der Waals surface area contributed by atoms with E-state index in [1.54, 1.807) is 0 Å². The maximum atomic E-state index is 11.7. The molecule has 0 atom stereocenters. The summed E-state index contributed by atoms with van der Waals surface area (Å²) in [7, 11) is 0. The highest BCUT2D eigenvalue weighted by Gasteiger charge is 2.03. The second-order valence-electron chi connectivity index (χ2n) is 3.78. The molecule has 0 heterocycles. The highest BCUT2D eigenvalue weighted by molar-refractivity contribution is 14.1. The number of benzene rings is 1. The lowest BCUT2D eigenvalue weighted by Crippen LogP contribution is -2.24. The van der Waals surface area contributed by atoms with Crippen molar-refractivity contribution in [1.82, 2.24) is 5.32 Å². The van der Waals surface area contributed by atoms with E-state index in [9.17, 15) is 9.59 Å². The molecule has 0 unspecified atom stereocenters. The molecule has 3 nitrogen and oxygen atoms in total. The van der Waals surface area contributed by atoms with Gasteiger partial charge in [-0.3, -0.25) is 4.79 Å². The summed E-state index contributed by atoms with van der Waals surface area (Å²) in [5.41, 5.74) is 0.693. The molecule has 1 aromatic rings. The Morgan fingerprint density at radius 3 is 2.53 bits per heavy atom. The lowest BCUT2D eigenvalue weighted by atomic mass is 10.2. The Bertz CT molecular complexity index is 362. The molecule has 17 heavy (non-hydrogen) atoms. The van der Waals surface area contributed by atoms with Gasteiger partial charge in [-0.05, 0) is 59.7 Å². The standard InChI is InChI=1S/C13H16INO2/c14-12-7-5-11(6-8-12)13(17)15-9-3-1-2-4-10-16/h5-8,10H,1-4,9H2,(H,15,17). The molecule has 0 aliphatic carbocycles. The summed E-state index contributed by atoms with van der Waals surface area (Å²) in [5, 5.41) is 2.87. The predicted molar refractivity (Wildman–Crippen MR) is 76.0 cm³/mol. The van der Waals surface area contributed by atoms with Gasteiger partial charge in [0.25, 0.3) is 5.91 Å². The third-order valence-corrected chi connectivity index (χ3v) is 3.11. The number of amides is 1. The van der Waals surface area contributed by atoms with Crippen molar-refractivity contribution in [3.8, 4) is 0 Å². The Morgan fingerprint density at radius 2 is 1.88 bits per heavy atom. The van der Waals surface area contributed by atoms with E-state index in [0.717, 1.165) is 29.1 Å². The zero-order valence-corrected chi connectivity index (χ0v) is 11.8. The van der Waals surface area contributed by atoms with E-state index < -0.39 is 0 Å². The third kappa shape index (κ3) is 5.81. The van der Waals surface area contributed by atoms with Crippen LogP contribution in [0.4, 0.5) is 0 Å². The minimum atomic E-state index is -0.0308. The SMILES string of the molecule is O=CCCCCCNC(=O)c1ccc(I)cc1. The molecule has 0 aliphatic heterocycles. The molecule has 1 rings (SSSR count). The highest BCUT2D eigenvalue weighted by atomic mass is 127. The summed E-state index contributed by atoms with van der Waals surface area (Å²) in [6.45, 7) is 0.670. The Labute approximate surface area is 115 Å². The van der Waals surface area contributed by atoms with E-state index in [0.29, 0.717) is 18.5 Å². The van der Waals surface area contributed by atoms with Crippen LogP contribution in [0.15, 0.2) is 24.3 Å². The van der Waals surface area contributed by atoms with Crippen molar-refractivity contribution in [2.45, 2.75) is 25.7 Å². The van der Waals surface area contributed by atoms with Gasteiger partial charge in [-0.1, -0.05) is 6.42 Å². The summed E-state index contributed by atoms with van der Waals surface area (Å²) >= 11 is 2.21. The number of rotatable bonds is 7. The summed E-state index contributed by atoms with van der Waals surface area (Å²) in [6.07, 6.45) is 4.35. The van der Waals surface area contributed by atoms with E-state index in [1.165, 1.54) is 0 Å². The normalized spacial score (nSPS) is 9.94. The lowest BCUT2D eigenvalue weighted by molar-refractivity contribution is -0.107. The fourth-order valence-electron chi connectivity index (χ4n) is 1.43. The van der Waals surface area contributed by atoms with Gasteiger partial charge in [0.2, 0.25) is 0 Å². The molecule has 92 valence electrons. The van der Waals surface area contributed by atoms with Crippen LogP contribution in [0.5, 0.6) is 0 Å². The molecule has 0 saturated heterocycles. The zero-order chi connectivity index (χ0) is 12.5. The van der Waals surface area contributed by atoms with Crippen molar-refractivity contribution in [3.05, 3.63) is 33.4 Å². The largest absolute Gasteiger partial charge is 0.352 e. The topological polar surface area (TPSA) is 46.2 Å². The van der Waals surface area contributed by atoms with E-state index >= 15 is 0 Å².